The van der Waals surface area contributed by atoms with E-state index in [0.717, 1.165) is 16.8 Å². The number of ketones is 1. The molecule has 2 amide bonds. The average molecular weight is 446 g/mol. The number of fused-ring (bicyclic) bond motifs is 1. The lowest BCUT2D eigenvalue weighted by Gasteiger charge is -2.34. The van der Waals surface area contributed by atoms with Crippen LogP contribution in [0, 0.1) is 6.92 Å². The van der Waals surface area contributed by atoms with Crippen LogP contribution < -0.4 is 5.32 Å². The second kappa shape index (κ2) is 10.5. The molecule has 31 heavy (non-hydrogen) atoms. The number of halogens is 1. The van der Waals surface area contributed by atoms with Crippen LogP contribution >= 0.6 is 12.4 Å². The van der Waals surface area contributed by atoms with Gasteiger partial charge >= 0.3 is 0 Å². The predicted molar refractivity (Wildman–Crippen MR) is 122 cm³/mol. The Bertz CT molecular complexity index is 954. The Labute approximate surface area is 188 Å². The Morgan fingerprint density at radius 2 is 1.58 bits per heavy atom. The largest absolute Gasteiger partial charge is 0.412 e. The molecule has 0 spiro atoms. The smallest absolute Gasteiger partial charge is 0.253 e. The Morgan fingerprint density at radius 1 is 0.935 bits per heavy atom. The number of hydrogen-bond acceptors (Lipinski definition) is 4. The zero-order valence-corrected chi connectivity index (χ0v) is 18.3. The fourth-order valence-corrected chi connectivity index (χ4v) is 3.84. The van der Waals surface area contributed by atoms with Crippen LogP contribution in [0.4, 0.5) is 5.69 Å². The van der Waals surface area contributed by atoms with Crippen molar-refractivity contribution in [3.05, 3.63) is 64.7 Å². The van der Waals surface area contributed by atoms with E-state index in [0.29, 0.717) is 56.7 Å². The van der Waals surface area contributed by atoms with Crippen molar-refractivity contribution in [2.45, 2.75) is 19.8 Å². The number of anilines is 1. The van der Waals surface area contributed by atoms with Crippen molar-refractivity contribution in [2.75, 3.05) is 38.0 Å². The van der Waals surface area contributed by atoms with E-state index in [4.69, 9.17) is 0 Å². The lowest BCUT2D eigenvalue weighted by Crippen LogP contribution is -2.49. The van der Waals surface area contributed by atoms with Gasteiger partial charge in [0.15, 0.2) is 5.78 Å². The highest BCUT2D eigenvalue weighted by atomic mass is 35.5. The zero-order chi connectivity index (χ0) is 20.4. The van der Waals surface area contributed by atoms with Crippen LogP contribution in [-0.4, -0.2) is 65.6 Å². The van der Waals surface area contributed by atoms with Gasteiger partial charge in [0.1, 0.15) is 0 Å². The number of rotatable bonds is 4. The van der Waals surface area contributed by atoms with Crippen LogP contribution in [0.2, 0.25) is 0 Å². The van der Waals surface area contributed by atoms with Gasteiger partial charge in [0.2, 0.25) is 5.91 Å². The van der Waals surface area contributed by atoms with Crippen molar-refractivity contribution < 1.29 is 19.9 Å². The normalized spacial score (nSPS) is 15.8. The Hall–Kier alpha value is -2.74. The molecule has 0 aromatic heterocycles. The first-order valence-corrected chi connectivity index (χ1v) is 10.0. The molecule has 2 aliphatic heterocycles. The Kier molecular flexibility index (Phi) is 8.33. The fourth-order valence-electron chi connectivity index (χ4n) is 3.84. The summed E-state index contributed by atoms with van der Waals surface area (Å²) in [6.07, 6.45) is 1.13. The maximum absolute atomic E-state index is 12.7. The minimum Gasteiger partial charge on any atom is -0.412 e. The number of carbonyl (C=O) groups excluding carboxylic acids is 3. The van der Waals surface area contributed by atoms with Crippen LogP contribution in [0.3, 0.4) is 0 Å². The van der Waals surface area contributed by atoms with Gasteiger partial charge in [-0.3, -0.25) is 19.3 Å². The van der Waals surface area contributed by atoms with Crippen LogP contribution in [0.1, 0.15) is 38.3 Å². The molecule has 2 aromatic carbocycles. The molecule has 0 bridgehead atoms. The number of amides is 2. The monoisotopic (exact) mass is 445 g/mol. The summed E-state index contributed by atoms with van der Waals surface area (Å²) >= 11 is 0. The average Bonchev–Trinajstić information content (AvgIpc) is 2.74. The molecule has 1 saturated heterocycles. The predicted octanol–water partition coefficient (Wildman–Crippen LogP) is 2.12. The number of Topliss-reactive ketones (excluding diaryl/α,β-unsaturated/α-hetero) is 1. The first-order valence-electron chi connectivity index (χ1n) is 10.0. The second-order valence-corrected chi connectivity index (χ2v) is 7.78. The molecule has 2 aromatic rings. The summed E-state index contributed by atoms with van der Waals surface area (Å²) in [5.41, 5.74) is 4.35. The quantitative estimate of drug-likeness (QED) is 0.728. The van der Waals surface area contributed by atoms with E-state index in [-0.39, 0.29) is 35.5 Å². The van der Waals surface area contributed by atoms with Gasteiger partial charge in [0.05, 0.1) is 6.54 Å². The van der Waals surface area contributed by atoms with E-state index in [9.17, 15) is 14.4 Å². The molecule has 0 radical (unpaired) electrons. The van der Waals surface area contributed by atoms with Gasteiger partial charge in [-0.05, 0) is 49.2 Å². The van der Waals surface area contributed by atoms with Crippen LogP contribution in [-0.2, 0) is 11.2 Å². The summed E-state index contributed by atoms with van der Waals surface area (Å²) in [5.74, 6) is 0.144. The Balaban J connectivity index is 0.00000171. The molecule has 0 aliphatic carbocycles. The summed E-state index contributed by atoms with van der Waals surface area (Å²) in [6, 6.07) is 13.1. The molecule has 1 fully saturated rings. The topological polar surface area (TPSA) is 101 Å². The van der Waals surface area contributed by atoms with Gasteiger partial charge in [-0.1, -0.05) is 17.7 Å². The minimum absolute atomic E-state index is 0. The molecule has 4 rings (SSSR count). The molecule has 3 N–H and O–H groups in total. The number of aryl methyl sites for hydroxylation is 2. The fraction of sp³-hybridized carbons (Fsp3) is 0.348. The van der Waals surface area contributed by atoms with Crippen molar-refractivity contribution >= 4 is 35.7 Å². The molecule has 0 saturated carbocycles. The van der Waals surface area contributed by atoms with E-state index in [1.807, 2.05) is 48.2 Å². The second-order valence-electron chi connectivity index (χ2n) is 7.78. The van der Waals surface area contributed by atoms with Crippen molar-refractivity contribution in [2.24, 2.45) is 0 Å². The third-order valence-corrected chi connectivity index (χ3v) is 5.65. The lowest BCUT2D eigenvalue weighted by atomic mass is 9.98. The number of nitrogens with zero attached hydrogens (tertiary/aromatic N) is 2. The van der Waals surface area contributed by atoms with E-state index >= 15 is 0 Å². The summed E-state index contributed by atoms with van der Waals surface area (Å²) in [7, 11) is 0. The number of piperazine rings is 1. The van der Waals surface area contributed by atoms with Gasteiger partial charge in [0.25, 0.3) is 5.91 Å². The highest BCUT2D eigenvalue weighted by Gasteiger charge is 2.24. The van der Waals surface area contributed by atoms with Crippen LogP contribution in [0.25, 0.3) is 0 Å². The molecular weight excluding hydrogens is 418 g/mol. The third kappa shape index (κ3) is 5.70. The van der Waals surface area contributed by atoms with Gasteiger partial charge in [0, 0.05) is 49.4 Å². The van der Waals surface area contributed by atoms with Crippen molar-refractivity contribution in [3.8, 4) is 0 Å². The summed E-state index contributed by atoms with van der Waals surface area (Å²) in [6.45, 7) is 4.96. The van der Waals surface area contributed by atoms with Gasteiger partial charge in [-0.2, -0.15) is 0 Å². The van der Waals surface area contributed by atoms with Crippen molar-refractivity contribution in [1.82, 2.24) is 9.80 Å². The van der Waals surface area contributed by atoms with Crippen molar-refractivity contribution in [1.29, 1.82) is 0 Å². The third-order valence-electron chi connectivity index (χ3n) is 5.65. The summed E-state index contributed by atoms with van der Waals surface area (Å²) < 4.78 is 0. The van der Waals surface area contributed by atoms with Crippen LogP contribution in [0.5, 0.6) is 0 Å². The molecular formula is C23H28ClN3O4. The number of benzene rings is 2. The molecule has 8 heteroatoms. The highest BCUT2D eigenvalue weighted by molar-refractivity contribution is 6.00. The van der Waals surface area contributed by atoms with Crippen LogP contribution in [0.15, 0.2) is 42.5 Å². The number of carbonyl (C=O) groups is 3. The summed E-state index contributed by atoms with van der Waals surface area (Å²) in [5, 5.41) is 2.84. The Morgan fingerprint density at radius 3 is 2.26 bits per heavy atom. The molecule has 166 valence electrons. The minimum atomic E-state index is 0. The maximum Gasteiger partial charge on any atom is 0.253 e. The van der Waals surface area contributed by atoms with E-state index in [1.165, 1.54) is 0 Å². The zero-order valence-electron chi connectivity index (χ0n) is 17.5. The highest BCUT2D eigenvalue weighted by Crippen LogP contribution is 2.24. The van der Waals surface area contributed by atoms with E-state index in [1.54, 1.807) is 6.07 Å². The van der Waals surface area contributed by atoms with Gasteiger partial charge in [-0.15, -0.1) is 12.4 Å². The molecule has 7 nitrogen and oxygen atoms in total. The first kappa shape index (κ1) is 24.5. The SMILES string of the molecule is Cc1ccc(C(=O)N2CCN(CC(=O)c3ccc4c(c3)CCC(=O)N4)CC2)cc1.Cl.O. The first-order chi connectivity index (χ1) is 14.0. The standard InChI is InChI=1S/C23H25N3O3.ClH.H2O/c1-16-2-4-17(5-3-16)23(29)26-12-10-25(11-13-26)15-21(27)19-6-8-20-18(14-19)7-9-22(28)24-20;;/h2-6,8,14H,7,9-13,15H2,1H3,(H,24,28);1H;1H2. The van der Waals surface area contributed by atoms with Gasteiger partial charge in [-0.25, -0.2) is 0 Å². The maximum atomic E-state index is 12.7. The lowest BCUT2D eigenvalue weighted by molar-refractivity contribution is -0.116. The number of nitrogens with one attached hydrogen (secondary N) is 1. The molecule has 2 heterocycles. The number of hydrogen-bond donors (Lipinski definition) is 1. The molecule has 0 unspecified atom stereocenters. The molecule has 2 aliphatic rings. The van der Waals surface area contributed by atoms with Crippen molar-refractivity contribution in [3.63, 3.8) is 0 Å². The molecule has 0 atom stereocenters. The van der Waals surface area contributed by atoms with E-state index < -0.39 is 0 Å². The summed E-state index contributed by atoms with van der Waals surface area (Å²) in [4.78, 5) is 40.8. The van der Waals surface area contributed by atoms with Gasteiger partial charge < -0.3 is 15.7 Å². The van der Waals surface area contributed by atoms with E-state index in [2.05, 4.69) is 10.2 Å².